The molecule has 0 unspecified atom stereocenters. The molecule has 3 nitrogen and oxygen atoms in total. The van der Waals surface area contributed by atoms with Crippen molar-refractivity contribution in [2.45, 2.75) is 26.7 Å². The summed E-state index contributed by atoms with van der Waals surface area (Å²) in [5.74, 6) is 0.596. The van der Waals surface area contributed by atoms with E-state index in [0.717, 1.165) is 16.5 Å². The number of anilines is 1. The Kier molecular flexibility index (Phi) is 6.08. The summed E-state index contributed by atoms with van der Waals surface area (Å²) in [7, 11) is 0. The molecule has 0 radical (unpaired) electrons. The maximum absolute atomic E-state index is 11.3. The van der Waals surface area contributed by atoms with Gasteiger partial charge in [0.15, 0.2) is 0 Å². The molecule has 0 aliphatic carbocycles. The summed E-state index contributed by atoms with van der Waals surface area (Å²) in [4.78, 5) is 15.4. The average Bonchev–Trinajstić information content (AvgIpc) is 2.10. The second kappa shape index (κ2) is 6.50. The number of aryl methyl sites for hydroxylation is 1. The number of amides is 1. The number of halogens is 2. The SMILES string of the molecule is CCCC(=O)Nc1ncc(C)cc1Br.F. The van der Waals surface area contributed by atoms with E-state index in [1.54, 1.807) is 6.20 Å². The zero-order valence-corrected chi connectivity index (χ0v) is 10.3. The summed E-state index contributed by atoms with van der Waals surface area (Å²) in [5, 5.41) is 2.74. The Balaban J connectivity index is 0.00000196. The molecule has 0 saturated heterocycles. The van der Waals surface area contributed by atoms with Crippen molar-refractivity contribution < 1.29 is 9.50 Å². The summed E-state index contributed by atoms with van der Waals surface area (Å²) in [6.45, 7) is 3.92. The maximum Gasteiger partial charge on any atom is 0.225 e. The summed E-state index contributed by atoms with van der Waals surface area (Å²) in [6.07, 6.45) is 3.10. The highest BCUT2D eigenvalue weighted by molar-refractivity contribution is 9.10. The van der Waals surface area contributed by atoms with E-state index < -0.39 is 0 Å². The van der Waals surface area contributed by atoms with Crippen molar-refractivity contribution >= 4 is 27.7 Å². The van der Waals surface area contributed by atoms with Crippen molar-refractivity contribution in [2.75, 3.05) is 5.32 Å². The van der Waals surface area contributed by atoms with Crippen molar-refractivity contribution in [2.24, 2.45) is 0 Å². The van der Waals surface area contributed by atoms with Crippen LogP contribution >= 0.6 is 15.9 Å². The number of hydrogen-bond donors (Lipinski definition) is 1. The molecular formula is C10H14BrFN2O. The number of carbonyl (C=O) groups excluding carboxylic acids is 1. The van der Waals surface area contributed by atoms with Crippen molar-refractivity contribution in [3.8, 4) is 0 Å². The normalized spacial score (nSPS) is 9.27. The first kappa shape index (κ1) is 14.0. The quantitative estimate of drug-likeness (QED) is 0.922. The molecule has 84 valence electrons. The van der Waals surface area contributed by atoms with Gasteiger partial charge < -0.3 is 5.32 Å². The number of rotatable bonds is 3. The fourth-order valence-corrected chi connectivity index (χ4v) is 1.61. The van der Waals surface area contributed by atoms with Gasteiger partial charge in [0, 0.05) is 12.6 Å². The average molecular weight is 277 g/mol. The van der Waals surface area contributed by atoms with Crippen LogP contribution in [0, 0.1) is 6.92 Å². The number of hydrogen-bond acceptors (Lipinski definition) is 2. The van der Waals surface area contributed by atoms with Crippen LogP contribution in [0.15, 0.2) is 16.7 Å². The standard InChI is InChI=1S/C10H13BrN2O.FH/c1-3-4-9(14)13-10-8(11)5-7(2)6-12-10;/h5-6H,3-4H2,1-2H3,(H,12,13,14);1H. The monoisotopic (exact) mass is 276 g/mol. The molecule has 1 amide bonds. The number of carbonyl (C=O) groups is 1. The predicted molar refractivity (Wildman–Crippen MR) is 62.7 cm³/mol. The molecule has 0 aliphatic heterocycles. The van der Waals surface area contributed by atoms with E-state index >= 15 is 0 Å². The molecule has 0 bridgehead atoms. The molecule has 0 aliphatic rings. The molecule has 0 fully saturated rings. The van der Waals surface area contributed by atoms with Crippen LogP contribution in [-0.4, -0.2) is 10.9 Å². The highest BCUT2D eigenvalue weighted by Crippen LogP contribution is 2.20. The second-order valence-corrected chi connectivity index (χ2v) is 4.00. The van der Waals surface area contributed by atoms with E-state index in [9.17, 15) is 4.79 Å². The fraction of sp³-hybridized carbons (Fsp3) is 0.400. The van der Waals surface area contributed by atoms with Crippen LogP contribution in [0.4, 0.5) is 10.5 Å². The van der Waals surface area contributed by atoms with Crippen LogP contribution in [-0.2, 0) is 4.79 Å². The Hall–Kier alpha value is -0.970. The molecule has 1 N–H and O–H groups in total. The van der Waals surface area contributed by atoms with E-state index in [2.05, 4.69) is 26.2 Å². The zero-order chi connectivity index (χ0) is 10.6. The van der Waals surface area contributed by atoms with Gasteiger partial charge in [0.25, 0.3) is 0 Å². The lowest BCUT2D eigenvalue weighted by Crippen LogP contribution is -2.12. The van der Waals surface area contributed by atoms with Crippen LogP contribution < -0.4 is 5.32 Å². The van der Waals surface area contributed by atoms with E-state index in [-0.39, 0.29) is 10.6 Å². The Morgan fingerprint density at radius 3 is 2.80 bits per heavy atom. The van der Waals surface area contributed by atoms with Gasteiger partial charge in [-0.2, -0.15) is 0 Å². The predicted octanol–water partition coefficient (Wildman–Crippen LogP) is 3.04. The minimum absolute atomic E-state index is 0. The summed E-state index contributed by atoms with van der Waals surface area (Å²) < 4.78 is 0.821. The van der Waals surface area contributed by atoms with Gasteiger partial charge in [-0.15, -0.1) is 0 Å². The third-order valence-corrected chi connectivity index (χ3v) is 2.32. The molecule has 1 aromatic heterocycles. The molecule has 0 saturated carbocycles. The molecule has 15 heavy (non-hydrogen) atoms. The van der Waals surface area contributed by atoms with Crippen LogP contribution in [0.25, 0.3) is 0 Å². The van der Waals surface area contributed by atoms with Crippen LogP contribution in [0.1, 0.15) is 25.3 Å². The first-order chi connectivity index (χ1) is 6.63. The first-order valence-corrected chi connectivity index (χ1v) is 5.34. The van der Waals surface area contributed by atoms with Crippen LogP contribution in [0.5, 0.6) is 0 Å². The van der Waals surface area contributed by atoms with E-state index in [4.69, 9.17) is 0 Å². The topological polar surface area (TPSA) is 42.0 Å². The van der Waals surface area contributed by atoms with Gasteiger partial charge >= 0.3 is 0 Å². The molecule has 0 aromatic carbocycles. The Morgan fingerprint density at radius 1 is 1.60 bits per heavy atom. The maximum atomic E-state index is 11.3. The number of aromatic nitrogens is 1. The van der Waals surface area contributed by atoms with E-state index in [0.29, 0.717) is 12.2 Å². The third kappa shape index (κ3) is 4.38. The van der Waals surface area contributed by atoms with Gasteiger partial charge in [-0.05, 0) is 40.9 Å². The van der Waals surface area contributed by atoms with Gasteiger partial charge in [-0.3, -0.25) is 9.50 Å². The van der Waals surface area contributed by atoms with Gasteiger partial charge in [0.05, 0.1) is 4.47 Å². The van der Waals surface area contributed by atoms with Crippen molar-refractivity contribution in [3.05, 3.63) is 22.3 Å². The summed E-state index contributed by atoms with van der Waals surface area (Å²) >= 11 is 3.35. The highest BCUT2D eigenvalue weighted by atomic mass is 79.9. The number of nitrogens with zero attached hydrogens (tertiary/aromatic N) is 1. The largest absolute Gasteiger partial charge is 0.310 e. The Morgan fingerprint density at radius 2 is 2.27 bits per heavy atom. The van der Waals surface area contributed by atoms with Gasteiger partial charge in [-0.1, -0.05) is 6.92 Å². The molecule has 1 heterocycles. The lowest BCUT2D eigenvalue weighted by molar-refractivity contribution is -0.116. The third-order valence-electron chi connectivity index (χ3n) is 1.71. The highest BCUT2D eigenvalue weighted by Gasteiger charge is 2.05. The van der Waals surface area contributed by atoms with Crippen molar-refractivity contribution in [3.63, 3.8) is 0 Å². The summed E-state index contributed by atoms with van der Waals surface area (Å²) in [5.41, 5.74) is 1.06. The van der Waals surface area contributed by atoms with E-state index in [1.807, 2.05) is 19.9 Å². The summed E-state index contributed by atoms with van der Waals surface area (Å²) in [6, 6.07) is 1.93. The second-order valence-electron chi connectivity index (χ2n) is 3.14. The molecule has 5 heteroatoms. The molecular weight excluding hydrogens is 263 g/mol. The Labute approximate surface area is 96.8 Å². The number of pyridine rings is 1. The fourth-order valence-electron chi connectivity index (χ4n) is 1.05. The lowest BCUT2D eigenvalue weighted by atomic mass is 10.3. The molecule has 0 spiro atoms. The minimum Gasteiger partial charge on any atom is -0.310 e. The Bertz CT molecular complexity index is 344. The van der Waals surface area contributed by atoms with Gasteiger partial charge in [0.2, 0.25) is 5.91 Å². The van der Waals surface area contributed by atoms with Crippen molar-refractivity contribution in [1.82, 2.24) is 4.98 Å². The van der Waals surface area contributed by atoms with Gasteiger partial charge in [-0.25, -0.2) is 4.98 Å². The smallest absolute Gasteiger partial charge is 0.225 e. The molecule has 0 atom stereocenters. The van der Waals surface area contributed by atoms with Crippen molar-refractivity contribution in [1.29, 1.82) is 0 Å². The lowest BCUT2D eigenvalue weighted by Gasteiger charge is -2.05. The van der Waals surface area contributed by atoms with Gasteiger partial charge in [0.1, 0.15) is 5.82 Å². The first-order valence-electron chi connectivity index (χ1n) is 4.55. The van der Waals surface area contributed by atoms with E-state index in [1.165, 1.54) is 0 Å². The minimum atomic E-state index is 0. The van der Waals surface area contributed by atoms with Crippen LogP contribution in [0.2, 0.25) is 0 Å². The zero-order valence-electron chi connectivity index (χ0n) is 8.71. The van der Waals surface area contributed by atoms with Crippen LogP contribution in [0.3, 0.4) is 0 Å². The number of nitrogens with one attached hydrogen (secondary N) is 1. The molecule has 1 aromatic rings. The molecule has 1 rings (SSSR count).